The molecule has 0 aliphatic heterocycles. The fourth-order valence-electron chi connectivity index (χ4n) is 4.28. The number of ether oxygens (including phenoxy) is 1. The van der Waals surface area contributed by atoms with Crippen LogP contribution < -0.4 is 4.74 Å². The van der Waals surface area contributed by atoms with Gasteiger partial charge in [0.25, 0.3) is 5.91 Å². The van der Waals surface area contributed by atoms with Crippen molar-refractivity contribution in [2.45, 2.75) is 46.5 Å². The van der Waals surface area contributed by atoms with Crippen LogP contribution >= 0.6 is 11.6 Å². The number of amides is 1. The number of carbonyl (C=O) groups excluding carboxylic acids is 1. The fraction of sp³-hybridized carbons (Fsp3) is 0.591. The lowest BCUT2D eigenvalue weighted by molar-refractivity contribution is -0.133. The van der Waals surface area contributed by atoms with Gasteiger partial charge in [-0.2, -0.15) is 0 Å². The standard InChI is InChI=1S/C22H30ClNO2/c1-4-5-12-24(14-16-6-7-17-13-20(16)22(17,2)3)21(25)15-26-19-10-8-18(23)9-11-19/h6,8-11,17,20H,4-5,7,12-15H2,1-3H3/t17-,20-/m1/s1. The predicted octanol–water partition coefficient (Wildman–Crippen LogP) is 5.34. The average molecular weight is 376 g/mol. The second kappa shape index (κ2) is 8.04. The van der Waals surface area contributed by atoms with E-state index in [0.29, 0.717) is 22.1 Å². The number of allylic oxidation sites excluding steroid dienone is 1. The van der Waals surface area contributed by atoms with Crippen molar-refractivity contribution in [2.75, 3.05) is 19.7 Å². The minimum atomic E-state index is 0.0635. The highest BCUT2D eigenvalue weighted by atomic mass is 35.5. The first kappa shape index (κ1) is 19.3. The van der Waals surface area contributed by atoms with Gasteiger partial charge >= 0.3 is 0 Å². The molecule has 4 rings (SSSR count). The molecule has 3 aliphatic carbocycles. The summed E-state index contributed by atoms with van der Waals surface area (Å²) in [5.74, 6) is 2.20. The highest BCUT2D eigenvalue weighted by Gasteiger charge is 2.51. The van der Waals surface area contributed by atoms with Crippen molar-refractivity contribution in [1.82, 2.24) is 4.90 Å². The summed E-state index contributed by atoms with van der Waals surface area (Å²) in [4.78, 5) is 14.8. The highest BCUT2D eigenvalue weighted by Crippen LogP contribution is 2.59. The van der Waals surface area contributed by atoms with E-state index in [1.165, 1.54) is 12.0 Å². The van der Waals surface area contributed by atoms with E-state index in [-0.39, 0.29) is 12.5 Å². The molecule has 0 unspecified atom stereocenters. The number of halogens is 1. The Morgan fingerprint density at radius 2 is 2.04 bits per heavy atom. The number of nitrogens with zero attached hydrogens (tertiary/aromatic N) is 1. The fourth-order valence-corrected chi connectivity index (χ4v) is 4.41. The zero-order valence-electron chi connectivity index (χ0n) is 16.1. The van der Waals surface area contributed by atoms with Crippen LogP contribution in [0.4, 0.5) is 0 Å². The molecule has 4 heteroatoms. The Balaban J connectivity index is 1.60. The average Bonchev–Trinajstić information content (AvgIpc) is 2.64. The Labute approximate surface area is 162 Å². The molecule has 0 N–H and O–H groups in total. The van der Waals surface area contributed by atoms with E-state index < -0.39 is 0 Å². The van der Waals surface area contributed by atoms with Crippen LogP contribution in [0.2, 0.25) is 5.02 Å². The lowest BCUT2D eigenvalue weighted by atomic mass is 9.49. The van der Waals surface area contributed by atoms with Crippen LogP contribution in [-0.4, -0.2) is 30.5 Å². The summed E-state index contributed by atoms with van der Waals surface area (Å²) in [5.41, 5.74) is 1.84. The largest absolute Gasteiger partial charge is 0.484 e. The molecule has 3 nitrogen and oxygen atoms in total. The summed E-state index contributed by atoms with van der Waals surface area (Å²) < 4.78 is 5.68. The molecule has 0 saturated heterocycles. The first-order chi connectivity index (χ1) is 12.4. The topological polar surface area (TPSA) is 29.5 Å². The minimum Gasteiger partial charge on any atom is -0.484 e. The van der Waals surface area contributed by atoms with Crippen LogP contribution in [-0.2, 0) is 4.79 Å². The summed E-state index contributed by atoms with van der Waals surface area (Å²) >= 11 is 5.89. The molecule has 0 radical (unpaired) electrons. The third-order valence-electron chi connectivity index (χ3n) is 6.27. The predicted molar refractivity (Wildman–Crippen MR) is 107 cm³/mol. The van der Waals surface area contributed by atoms with Gasteiger partial charge in [0.05, 0.1) is 0 Å². The summed E-state index contributed by atoms with van der Waals surface area (Å²) in [6.45, 7) is 8.54. The second-order valence-corrected chi connectivity index (χ2v) is 8.67. The molecule has 3 aliphatic rings. The molecular formula is C22H30ClNO2. The van der Waals surface area contributed by atoms with Crippen LogP contribution in [0.5, 0.6) is 5.75 Å². The van der Waals surface area contributed by atoms with E-state index in [1.807, 2.05) is 4.90 Å². The van der Waals surface area contributed by atoms with Gasteiger partial charge in [0.15, 0.2) is 6.61 Å². The number of benzene rings is 1. The maximum absolute atomic E-state index is 12.8. The van der Waals surface area contributed by atoms with Crippen LogP contribution in [0, 0.1) is 17.3 Å². The van der Waals surface area contributed by atoms with Gasteiger partial charge in [0.2, 0.25) is 0 Å². The molecule has 1 saturated carbocycles. The third-order valence-corrected chi connectivity index (χ3v) is 6.52. The lowest BCUT2D eigenvalue weighted by Gasteiger charge is -2.57. The van der Waals surface area contributed by atoms with Crippen LogP contribution in [0.25, 0.3) is 0 Å². The van der Waals surface area contributed by atoms with Gasteiger partial charge < -0.3 is 9.64 Å². The van der Waals surface area contributed by atoms with Gasteiger partial charge in [-0.25, -0.2) is 0 Å². The number of carbonyl (C=O) groups is 1. The molecule has 1 fully saturated rings. The van der Waals surface area contributed by atoms with E-state index in [4.69, 9.17) is 16.3 Å². The lowest BCUT2D eigenvalue weighted by Crippen LogP contribution is -2.50. The van der Waals surface area contributed by atoms with E-state index in [9.17, 15) is 4.79 Å². The summed E-state index contributed by atoms with van der Waals surface area (Å²) in [7, 11) is 0. The first-order valence-corrected chi connectivity index (χ1v) is 10.1. The molecule has 1 amide bonds. The Hall–Kier alpha value is -1.48. The summed E-state index contributed by atoms with van der Waals surface area (Å²) in [6, 6.07) is 7.15. The summed E-state index contributed by atoms with van der Waals surface area (Å²) in [6.07, 6.45) is 6.94. The highest BCUT2D eigenvalue weighted by molar-refractivity contribution is 6.30. The van der Waals surface area contributed by atoms with Gasteiger partial charge in [-0.05, 0) is 60.8 Å². The van der Waals surface area contributed by atoms with Crippen molar-refractivity contribution in [1.29, 1.82) is 0 Å². The van der Waals surface area contributed by atoms with Gasteiger partial charge in [-0.15, -0.1) is 0 Å². The molecular weight excluding hydrogens is 346 g/mol. The molecule has 0 spiro atoms. The Bertz CT molecular complexity index is 665. The van der Waals surface area contributed by atoms with Crippen molar-refractivity contribution in [3.05, 3.63) is 40.9 Å². The number of rotatable bonds is 8. The molecule has 26 heavy (non-hydrogen) atoms. The van der Waals surface area contributed by atoms with E-state index >= 15 is 0 Å². The molecule has 1 aromatic rings. The van der Waals surface area contributed by atoms with Crippen molar-refractivity contribution in [3.63, 3.8) is 0 Å². The van der Waals surface area contributed by atoms with Crippen molar-refractivity contribution in [2.24, 2.45) is 17.3 Å². The smallest absolute Gasteiger partial charge is 0.260 e. The first-order valence-electron chi connectivity index (χ1n) is 9.77. The minimum absolute atomic E-state index is 0.0635. The van der Waals surface area contributed by atoms with E-state index in [2.05, 4.69) is 26.8 Å². The van der Waals surface area contributed by atoms with Gasteiger partial charge in [0.1, 0.15) is 5.75 Å². The Kier molecular flexibility index (Phi) is 5.96. The van der Waals surface area contributed by atoms with Gasteiger partial charge in [-0.1, -0.05) is 50.4 Å². The van der Waals surface area contributed by atoms with Crippen molar-refractivity contribution < 1.29 is 9.53 Å². The molecule has 0 heterocycles. The molecule has 142 valence electrons. The SMILES string of the molecule is CCCCN(CC1=CC[C@@H]2C[C@H]1C2(C)C)C(=O)COc1ccc(Cl)cc1. The van der Waals surface area contributed by atoms with E-state index in [0.717, 1.165) is 38.3 Å². The van der Waals surface area contributed by atoms with Crippen molar-refractivity contribution >= 4 is 17.5 Å². The maximum Gasteiger partial charge on any atom is 0.260 e. The van der Waals surface area contributed by atoms with Crippen molar-refractivity contribution in [3.8, 4) is 5.75 Å². The number of hydrogen-bond donors (Lipinski definition) is 0. The normalized spacial score (nSPS) is 23.0. The van der Waals surface area contributed by atoms with Crippen LogP contribution in [0.1, 0.15) is 46.5 Å². The second-order valence-electron chi connectivity index (χ2n) is 8.23. The molecule has 2 bridgehead atoms. The van der Waals surface area contributed by atoms with Crippen LogP contribution in [0.15, 0.2) is 35.9 Å². The third kappa shape index (κ3) is 4.09. The zero-order chi connectivity index (χ0) is 18.7. The number of unbranched alkanes of at least 4 members (excludes halogenated alkanes) is 1. The summed E-state index contributed by atoms with van der Waals surface area (Å²) in [5, 5.41) is 0.666. The quantitative estimate of drug-likeness (QED) is 0.574. The zero-order valence-corrected chi connectivity index (χ0v) is 16.9. The molecule has 2 atom stereocenters. The molecule has 1 aromatic carbocycles. The van der Waals surface area contributed by atoms with Gasteiger partial charge in [0, 0.05) is 18.1 Å². The van der Waals surface area contributed by atoms with E-state index in [1.54, 1.807) is 24.3 Å². The van der Waals surface area contributed by atoms with Gasteiger partial charge in [-0.3, -0.25) is 4.79 Å². The monoisotopic (exact) mass is 375 g/mol. The van der Waals surface area contributed by atoms with Crippen LogP contribution in [0.3, 0.4) is 0 Å². The Morgan fingerprint density at radius 1 is 1.31 bits per heavy atom. The Morgan fingerprint density at radius 3 is 2.65 bits per heavy atom. The number of hydrogen-bond acceptors (Lipinski definition) is 2. The maximum atomic E-state index is 12.8. The molecule has 0 aromatic heterocycles. The number of fused-ring (bicyclic) bond motifs is 1.